The monoisotopic (exact) mass is 388 g/mol. The Morgan fingerprint density at radius 3 is 2.38 bits per heavy atom. The third kappa shape index (κ3) is 4.12. The minimum atomic E-state index is -0.897. The van der Waals surface area contributed by atoms with Crippen molar-refractivity contribution < 1.29 is 19.5 Å². The molecule has 0 spiro atoms. The lowest BCUT2D eigenvalue weighted by atomic mass is 9.96. The molecule has 1 atom stereocenters. The molecule has 6 nitrogen and oxygen atoms in total. The summed E-state index contributed by atoms with van der Waals surface area (Å²) in [7, 11) is 0. The first kappa shape index (κ1) is 18.2. The zero-order chi connectivity index (χ0) is 18.7. The Hall–Kier alpha value is -2.64. The van der Waals surface area contributed by atoms with E-state index in [4.69, 9.17) is 16.7 Å². The highest BCUT2D eigenvalue weighted by Gasteiger charge is 2.39. The number of carbonyl (C=O) groups excluding carboxylic acids is 2. The third-order valence-corrected chi connectivity index (χ3v) is 4.91. The summed E-state index contributed by atoms with van der Waals surface area (Å²) >= 11 is 7.06. The molecule has 2 aromatic rings. The van der Waals surface area contributed by atoms with Gasteiger partial charge in [0.05, 0.1) is 11.4 Å². The van der Waals surface area contributed by atoms with Gasteiger partial charge in [-0.3, -0.25) is 19.7 Å². The van der Waals surface area contributed by atoms with Crippen LogP contribution in [0.4, 0.5) is 5.69 Å². The topological polar surface area (TPSA) is 95.8 Å². The Morgan fingerprint density at radius 1 is 1.12 bits per heavy atom. The molecule has 0 radical (unpaired) electrons. The molecule has 1 unspecified atom stereocenters. The number of rotatable bonds is 5. The number of aliphatic imine (C=N–C) groups is 1. The number of thioether (sulfide) groups is 1. The van der Waals surface area contributed by atoms with Gasteiger partial charge in [-0.25, -0.2) is 4.99 Å². The van der Waals surface area contributed by atoms with Crippen LogP contribution in [0.5, 0.6) is 0 Å². The molecule has 1 aliphatic rings. The second-order valence-electron chi connectivity index (χ2n) is 5.48. The zero-order valence-electron chi connectivity index (χ0n) is 13.3. The summed E-state index contributed by atoms with van der Waals surface area (Å²) in [5.74, 6) is -2.68. The number of nitrogens with zero attached hydrogens (tertiary/aromatic N) is 1. The smallest absolute Gasteiger partial charge is 0.313 e. The number of benzene rings is 2. The molecular formula is C18H13ClN2O4S. The van der Waals surface area contributed by atoms with Gasteiger partial charge in [0.25, 0.3) is 5.91 Å². The van der Waals surface area contributed by atoms with Gasteiger partial charge in [-0.05, 0) is 42.0 Å². The lowest BCUT2D eigenvalue weighted by molar-refractivity contribution is -0.134. The van der Waals surface area contributed by atoms with Crippen molar-refractivity contribution >= 4 is 52.5 Å². The van der Waals surface area contributed by atoms with Crippen molar-refractivity contribution in [1.82, 2.24) is 5.32 Å². The maximum Gasteiger partial charge on any atom is 0.313 e. The van der Waals surface area contributed by atoms with Gasteiger partial charge in [0.1, 0.15) is 11.6 Å². The van der Waals surface area contributed by atoms with Gasteiger partial charge in [0, 0.05) is 9.92 Å². The van der Waals surface area contributed by atoms with Gasteiger partial charge in [-0.2, -0.15) is 0 Å². The second-order valence-corrected chi connectivity index (χ2v) is 6.96. The van der Waals surface area contributed by atoms with E-state index in [-0.39, 0.29) is 11.5 Å². The molecule has 1 heterocycles. The molecule has 2 aromatic carbocycles. The van der Waals surface area contributed by atoms with E-state index in [0.29, 0.717) is 16.3 Å². The van der Waals surface area contributed by atoms with Crippen molar-refractivity contribution in [3.05, 3.63) is 59.1 Å². The first-order chi connectivity index (χ1) is 12.4. The van der Waals surface area contributed by atoms with Gasteiger partial charge in [-0.1, -0.05) is 23.7 Å². The van der Waals surface area contributed by atoms with Crippen LogP contribution in [0.15, 0.2) is 58.4 Å². The normalized spacial score (nSPS) is 18.2. The Balaban J connectivity index is 1.87. The molecule has 0 aromatic heterocycles. The Labute approximate surface area is 158 Å². The van der Waals surface area contributed by atoms with E-state index in [2.05, 4.69) is 10.3 Å². The number of imide groups is 1. The number of halogens is 1. The van der Waals surface area contributed by atoms with Crippen LogP contribution in [0.2, 0.25) is 5.02 Å². The van der Waals surface area contributed by atoms with Crippen molar-refractivity contribution in [3.63, 3.8) is 0 Å². The third-order valence-electron chi connectivity index (χ3n) is 3.66. The van der Waals surface area contributed by atoms with Crippen LogP contribution in [-0.4, -0.2) is 34.4 Å². The summed E-state index contributed by atoms with van der Waals surface area (Å²) in [6, 6.07) is 13.5. The van der Waals surface area contributed by atoms with Crippen LogP contribution >= 0.6 is 23.4 Å². The van der Waals surface area contributed by atoms with Crippen LogP contribution in [-0.2, 0) is 14.4 Å². The van der Waals surface area contributed by atoms with Crippen LogP contribution < -0.4 is 5.32 Å². The lowest BCUT2D eigenvalue weighted by Crippen LogP contribution is -2.22. The maximum atomic E-state index is 12.2. The fourth-order valence-corrected chi connectivity index (χ4v) is 3.23. The highest BCUT2D eigenvalue weighted by Crippen LogP contribution is 2.27. The SMILES string of the molecule is O=C(O)CSc1ccc(N=C2C(=O)NC(=O)C2c2ccc(Cl)cc2)cc1. The molecule has 0 saturated carbocycles. The summed E-state index contributed by atoms with van der Waals surface area (Å²) in [6.45, 7) is 0. The van der Waals surface area contributed by atoms with E-state index in [0.717, 1.165) is 4.90 Å². The number of hydrogen-bond donors (Lipinski definition) is 2. The van der Waals surface area contributed by atoms with E-state index >= 15 is 0 Å². The van der Waals surface area contributed by atoms with Gasteiger partial charge in [0.15, 0.2) is 0 Å². The van der Waals surface area contributed by atoms with Gasteiger partial charge in [0.2, 0.25) is 5.91 Å². The number of carboxylic acids is 1. The Kier molecular flexibility index (Phi) is 5.39. The minimum Gasteiger partial charge on any atom is -0.481 e. The van der Waals surface area contributed by atoms with Crippen molar-refractivity contribution in [2.75, 3.05) is 5.75 Å². The van der Waals surface area contributed by atoms with Crippen LogP contribution in [0.25, 0.3) is 0 Å². The molecular weight excluding hydrogens is 376 g/mol. The molecule has 1 aliphatic heterocycles. The molecule has 3 rings (SSSR count). The average Bonchev–Trinajstić information content (AvgIpc) is 2.88. The summed E-state index contributed by atoms with van der Waals surface area (Å²) in [4.78, 5) is 40.0. The van der Waals surface area contributed by atoms with E-state index in [1.807, 2.05) is 0 Å². The molecule has 132 valence electrons. The first-order valence-corrected chi connectivity index (χ1v) is 8.94. The van der Waals surface area contributed by atoms with E-state index in [9.17, 15) is 14.4 Å². The summed E-state index contributed by atoms with van der Waals surface area (Å²) < 4.78 is 0. The van der Waals surface area contributed by atoms with Crippen LogP contribution in [0, 0.1) is 0 Å². The number of carboxylic acid groups (broad SMARTS) is 1. The number of hydrogen-bond acceptors (Lipinski definition) is 5. The molecule has 8 heteroatoms. The zero-order valence-corrected chi connectivity index (χ0v) is 14.9. The molecule has 0 aliphatic carbocycles. The molecule has 1 fully saturated rings. The largest absolute Gasteiger partial charge is 0.481 e. The van der Waals surface area contributed by atoms with Gasteiger partial charge >= 0.3 is 5.97 Å². The predicted molar refractivity (Wildman–Crippen MR) is 99.2 cm³/mol. The summed E-state index contributed by atoms with van der Waals surface area (Å²) in [5.41, 5.74) is 1.25. The number of carbonyl (C=O) groups is 3. The van der Waals surface area contributed by atoms with Crippen molar-refractivity contribution in [1.29, 1.82) is 0 Å². The van der Waals surface area contributed by atoms with E-state index in [1.165, 1.54) is 11.8 Å². The number of nitrogens with one attached hydrogen (secondary N) is 1. The Morgan fingerprint density at radius 2 is 1.77 bits per heavy atom. The number of amides is 2. The van der Waals surface area contributed by atoms with Crippen molar-refractivity contribution in [2.45, 2.75) is 10.8 Å². The van der Waals surface area contributed by atoms with Crippen molar-refractivity contribution in [3.8, 4) is 0 Å². The maximum absolute atomic E-state index is 12.2. The quantitative estimate of drug-likeness (QED) is 0.606. The molecule has 1 saturated heterocycles. The highest BCUT2D eigenvalue weighted by atomic mass is 35.5. The van der Waals surface area contributed by atoms with Crippen molar-refractivity contribution in [2.24, 2.45) is 4.99 Å². The molecule has 26 heavy (non-hydrogen) atoms. The molecule has 0 bridgehead atoms. The lowest BCUT2D eigenvalue weighted by Gasteiger charge is -2.08. The predicted octanol–water partition coefficient (Wildman–Crippen LogP) is 3.03. The van der Waals surface area contributed by atoms with E-state index < -0.39 is 23.7 Å². The van der Waals surface area contributed by atoms with Gasteiger partial charge < -0.3 is 5.11 Å². The van der Waals surface area contributed by atoms with Crippen LogP contribution in [0.3, 0.4) is 0 Å². The fourth-order valence-electron chi connectivity index (χ4n) is 2.48. The van der Waals surface area contributed by atoms with E-state index in [1.54, 1.807) is 48.5 Å². The first-order valence-electron chi connectivity index (χ1n) is 7.58. The summed E-state index contributed by atoms with van der Waals surface area (Å²) in [6.07, 6.45) is 0. The molecule has 2 N–H and O–H groups in total. The fraction of sp³-hybridized carbons (Fsp3) is 0.111. The average molecular weight is 389 g/mol. The summed E-state index contributed by atoms with van der Waals surface area (Å²) in [5, 5.41) is 11.5. The Bertz CT molecular complexity index is 894. The number of aliphatic carboxylic acids is 1. The highest BCUT2D eigenvalue weighted by molar-refractivity contribution is 8.00. The molecule has 2 amide bonds. The van der Waals surface area contributed by atoms with Crippen LogP contribution in [0.1, 0.15) is 11.5 Å². The minimum absolute atomic E-state index is 0.0383. The standard InChI is InChI=1S/C18H13ClN2O4S/c19-11-3-1-10(2-4-11)15-16(18(25)21-17(15)24)20-12-5-7-13(8-6-12)26-9-14(22)23/h1-8,15H,9H2,(H,22,23)(H,21,24,25). The van der Waals surface area contributed by atoms with Gasteiger partial charge in [-0.15, -0.1) is 11.8 Å². The second kappa shape index (κ2) is 7.72.